The van der Waals surface area contributed by atoms with Crippen LogP contribution in [0.1, 0.15) is 17.5 Å². The third kappa shape index (κ3) is 2.64. The van der Waals surface area contributed by atoms with Crippen molar-refractivity contribution < 1.29 is 9.59 Å². The monoisotopic (exact) mass is 232 g/mol. The average Bonchev–Trinajstić information content (AvgIpc) is 2.61. The molecular formula is C13H16N2O2. The maximum absolute atomic E-state index is 11.7. The number of aryl methyl sites for hydroxylation is 1. The SMILES string of the molecule is Cc1cccc(CN2C[C@H](C(N)=O)CC2=O)c1. The van der Waals surface area contributed by atoms with Gasteiger partial charge in [0.1, 0.15) is 0 Å². The van der Waals surface area contributed by atoms with E-state index in [1.165, 1.54) is 5.56 Å². The molecule has 4 heteroatoms. The molecule has 0 unspecified atom stereocenters. The third-order valence-corrected chi connectivity index (χ3v) is 3.07. The number of carbonyl (C=O) groups excluding carboxylic acids is 2. The van der Waals surface area contributed by atoms with E-state index < -0.39 is 0 Å². The number of benzene rings is 1. The highest BCUT2D eigenvalue weighted by Crippen LogP contribution is 2.20. The summed E-state index contributed by atoms with van der Waals surface area (Å²) in [6.07, 6.45) is 0.251. The summed E-state index contributed by atoms with van der Waals surface area (Å²) in [5.41, 5.74) is 7.48. The minimum absolute atomic E-state index is 0.00954. The zero-order chi connectivity index (χ0) is 12.4. The van der Waals surface area contributed by atoms with Gasteiger partial charge in [-0.2, -0.15) is 0 Å². The van der Waals surface area contributed by atoms with Crippen molar-refractivity contribution in [2.75, 3.05) is 6.54 Å². The van der Waals surface area contributed by atoms with Gasteiger partial charge in [-0.1, -0.05) is 29.8 Å². The Morgan fingerprint density at radius 2 is 2.29 bits per heavy atom. The number of primary amides is 1. The molecule has 90 valence electrons. The van der Waals surface area contributed by atoms with Crippen LogP contribution in [-0.2, 0) is 16.1 Å². The van der Waals surface area contributed by atoms with Crippen molar-refractivity contribution in [2.24, 2.45) is 11.7 Å². The molecule has 0 aromatic heterocycles. The van der Waals surface area contributed by atoms with Crippen molar-refractivity contribution in [2.45, 2.75) is 19.9 Å². The molecule has 2 N–H and O–H groups in total. The van der Waals surface area contributed by atoms with E-state index in [9.17, 15) is 9.59 Å². The molecule has 0 bridgehead atoms. The van der Waals surface area contributed by atoms with E-state index in [4.69, 9.17) is 5.73 Å². The van der Waals surface area contributed by atoms with Crippen molar-refractivity contribution in [1.29, 1.82) is 0 Å². The molecule has 0 saturated carbocycles. The minimum atomic E-state index is -0.384. The molecule has 0 radical (unpaired) electrons. The van der Waals surface area contributed by atoms with E-state index in [0.29, 0.717) is 13.1 Å². The van der Waals surface area contributed by atoms with Gasteiger partial charge < -0.3 is 10.6 Å². The molecule has 1 atom stereocenters. The van der Waals surface area contributed by atoms with E-state index in [1.807, 2.05) is 31.2 Å². The highest BCUT2D eigenvalue weighted by Gasteiger charge is 2.32. The number of likely N-dealkylation sites (tertiary alicyclic amines) is 1. The molecule has 17 heavy (non-hydrogen) atoms. The first kappa shape index (κ1) is 11.6. The van der Waals surface area contributed by atoms with Crippen LogP contribution in [0.25, 0.3) is 0 Å². The van der Waals surface area contributed by atoms with Crippen molar-refractivity contribution in [3.05, 3.63) is 35.4 Å². The number of amides is 2. The van der Waals surface area contributed by atoms with Gasteiger partial charge in [0.25, 0.3) is 0 Å². The van der Waals surface area contributed by atoms with Crippen molar-refractivity contribution in [1.82, 2.24) is 4.90 Å². The van der Waals surface area contributed by atoms with E-state index in [-0.39, 0.29) is 24.2 Å². The number of hydrogen-bond acceptors (Lipinski definition) is 2. The lowest BCUT2D eigenvalue weighted by atomic mass is 10.1. The quantitative estimate of drug-likeness (QED) is 0.839. The summed E-state index contributed by atoms with van der Waals surface area (Å²) in [6, 6.07) is 8.01. The predicted octanol–water partition coefficient (Wildman–Crippen LogP) is 0.829. The fourth-order valence-corrected chi connectivity index (χ4v) is 2.15. The van der Waals surface area contributed by atoms with Gasteiger partial charge in [-0.15, -0.1) is 0 Å². The van der Waals surface area contributed by atoms with Crippen LogP contribution in [0.3, 0.4) is 0 Å². The number of nitrogens with two attached hydrogens (primary N) is 1. The molecule has 1 saturated heterocycles. The largest absolute Gasteiger partial charge is 0.369 e. The first-order chi connectivity index (χ1) is 8.06. The van der Waals surface area contributed by atoms with Crippen LogP contribution in [-0.4, -0.2) is 23.3 Å². The van der Waals surface area contributed by atoms with Crippen LogP contribution >= 0.6 is 0 Å². The second-order valence-corrected chi connectivity index (χ2v) is 4.57. The molecule has 1 fully saturated rings. The summed E-state index contributed by atoms with van der Waals surface area (Å²) in [7, 11) is 0. The first-order valence-electron chi connectivity index (χ1n) is 5.69. The topological polar surface area (TPSA) is 63.4 Å². The molecule has 0 spiro atoms. The Hall–Kier alpha value is -1.84. The molecule has 2 rings (SSSR count). The van der Waals surface area contributed by atoms with Gasteiger partial charge in [0.15, 0.2) is 0 Å². The van der Waals surface area contributed by atoms with Crippen LogP contribution in [0, 0.1) is 12.8 Å². The minimum Gasteiger partial charge on any atom is -0.369 e. The van der Waals surface area contributed by atoms with Gasteiger partial charge >= 0.3 is 0 Å². The van der Waals surface area contributed by atoms with E-state index >= 15 is 0 Å². The van der Waals surface area contributed by atoms with Crippen LogP contribution in [0.15, 0.2) is 24.3 Å². The number of rotatable bonds is 3. The standard InChI is InChI=1S/C13H16N2O2/c1-9-3-2-4-10(5-9)7-15-8-11(13(14)17)6-12(15)16/h2-5,11H,6-8H2,1H3,(H2,14,17)/t11-/m1/s1. The Morgan fingerprint density at radius 1 is 1.53 bits per heavy atom. The Balaban J connectivity index is 2.05. The van der Waals surface area contributed by atoms with Gasteiger partial charge in [-0.05, 0) is 12.5 Å². The van der Waals surface area contributed by atoms with Crippen LogP contribution in [0.5, 0.6) is 0 Å². The zero-order valence-electron chi connectivity index (χ0n) is 9.85. The first-order valence-corrected chi connectivity index (χ1v) is 5.69. The van der Waals surface area contributed by atoms with Crippen LogP contribution in [0.4, 0.5) is 0 Å². The van der Waals surface area contributed by atoms with Crippen molar-refractivity contribution in [3.8, 4) is 0 Å². The highest BCUT2D eigenvalue weighted by atomic mass is 16.2. The smallest absolute Gasteiger partial charge is 0.223 e. The average molecular weight is 232 g/mol. The lowest BCUT2D eigenvalue weighted by molar-refractivity contribution is -0.128. The van der Waals surface area contributed by atoms with Gasteiger partial charge in [0, 0.05) is 19.5 Å². The third-order valence-electron chi connectivity index (χ3n) is 3.07. The molecule has 1 aliphatic heterocycles. The molecule has 2 amide bonds. The van der Waals surface area contributed by atoms with Gasteiger partial charge in [0.2, 0.25) is 11.8 Å². The summed E-state index contributed by atoms with van der Waals surface area (Å²) < 4.78 is 0. The van der Waals surface area contributed by atoms with Gasteiger partial charge in [0.05, 0.1) is 5.92 Å². The van der Waals surface area contributed by atoms with E-state index in [2.05, 4.69) is 0 Å². The molecule has 4 nitrogen and oxygen atoms in total. The molecular weight excluding hydrogens is 216 g/mol. The van der Waals surface area contributed by atoms with Gasteiger partial charge in [-0.3, -0.25) is 9.59 Å². The Morgan fingerprint density at radius 3 is 2.88 bits per heavy atom. The molecule has 1 aliphatic rings. The van der Waals surface area contributed by atoms with E-state index in [0.717, 1.165) is 5.56 Å². The number of carbonyl (C=O) groups is 2. The molecule has 1 heterocycles. The number of hydrogen-bond donors (Lipinski definition) is 1. The second kappa shape index (κ2) is 4.57. The maximum Gasteiger partial charge on any atom is 0.223 e. The Labute approximate surface area is 100 Å². The predicted molar refractivity (Wildman–Crippen MR) is 63.9 cm³/mol. The summed E-state index contributed by atoms with van der Waals surface area (Å²) in [5.74, 6) is -0.701. The lowest BCUT2D eigenvalue weighted by Crippen LogP contribution is -2.28. The summed E-state index contributed by atoms with van der Waals surface area (Å²) >= 11 is 0. The summed E-state index contributed by atoms with van der Waals surface area (Å²) in [5, 5.41) is 0. The second-order valence-electron chi connectivity index (χ2n) is 4.57. The molecule has 1 aromatic rings. The fourth-order valence-electron chi connectivity index (χ4n) is 2.15. The van der Waals surface area contributed by atoms with E-state index in [1.54, 1.807) is 4.90 Å². The van der Waals surface area contributed by atoms with Crippen LogP contribution in [0.2, 0.25) is 0 Å². The fraction of sp³-hybridized carbons (Fsp3) is 0.385. The molecule has 0 aliphatic carbocycles. The highest BCUT2D eigenvalue weighted by molar-refractivity contribution is 5.88. The summed E-state index contributed by atoms with van der Waals surface area (Å²) in [4.78, 5) is 24.4. The zero-order valence-corrected chi connectivity index (χ0v) is 9.85. The van der Waals surface area contributed by atoms with Crippen molar-refractivity contribution in [3.63, 3.8) is 0 Å². The maximum atomic E-state index is 11.7. The van der Waals surface area contributed by atoms with Crippen molar-refractivity contribution >= 4 is 11.8 Å². The molecule has 1 aromatic carbocycles. The normalized spacial score (nSPS) is 19.7. The summed E-state index contributed by atoms with van der Waals surface area (Å²) in [6.45, 7) is 3.02. The lowest BCUT2D eigenvalue weighted by Gasteiger charge is -2.16. The Bertz CT molecular complexity index is 456. The van der Waals surface area contributed by atoms with Crippen LogP contribution < -0.4 is 5.73 Å². The van der Waals surface area contributed by atoms with Gasteiger partial charge in [-0.25, -0.2) is 0 Å². The Kier molecular flexibility index (Phi) is 3.13. The number of nitrogens with zero attached hydrogens (tertiary/aromatic N) is 1.